The SMILES string of the molecule is NCc1ccc(-c2cccc3c2OC(CN)C3)cc1. The first-order chi connectivity index (χ1) is 9.31. The maximum Gasteiger partial charge on any atom is 0.130 e. The largest absolute Gasteiger partial charge is 0.488 e. The summed E-state index contributed by atoms with van der Waals surface area (Å²) >= 11 is 0. The summed E-state index contributed by atoms with van der Waals surface area (Å²) in [4.78, 5) is 0. The lowest BCUT2D eigenvalue weighted by Gasteiger charge is -2.11. The molecule has 0 saturated heterocycles. The summed E-state index contributed by atoms with van der Waals surface area (Å²) in [6.07, 6.45) is 1.01. The predicted molar refractivity (Wildman–Crippen MR) is 76.9 cm³/mol. The summed E-state index contributed by atoms with van der Waals surface area (Å²) in [6, 6.07) is 14.6. The van der Waals surface area contributed by atoms with Gasteiger partial charge in [0.1, 0.15) is 11.9 Å². The Hall–Kier alpha value is -1.84. The predicted octanol–water partition coefficient (Wildman–Crippen LogP) is 2.07. The van der Waals surface area contributed by atoms with Gasteiger partial charge in [0.2, 0.25) is 0 Å². The van der Waals surface area contributed by atoms with Crippen molar-refractivity contribution in [2.75, 3.05) is 6.54 Å². The van der Waals surface area contributed by atoms with Gasteiger partial charge in [-0.2, -0.15) is 0 Å². The molecule has 1 atom stereocenters. The molecule has 2 aromatic carbocycles. The Morgan fingerprint density at radius 2 is 1.84 bits per heavy atom. The van der Waals surface area contributed by atoms with E-state index in [0.29, 0.717) is 13.1 Å². The van der Waals surface area contributed by atoms with E-state index < -0.39 is 0 Å². The van der Waals surface area contributed by atoms with Crippen LogP contribution in [0.25, 0.3) is 11.1 Å². The monoisotopic (exact) mass is 254 g/mol. The minimum atomic E-state index is 0.111. The maximum atomic E-state index is 5.95. The smallest absolute Gasteiger partial charge is 0.130 e. The number of hydrogen-bond acceptors (Lipinski definition) is 3. The lowest BCUT2D eigenvalue weighted by Crippen LogP contribution is -2.24. The average molecular weight is 254 g/mol. The average Bonchev–Trinajstić information content (AvgIpc) is 2.90. The third-order valence-electron chi connectivity index (χ3n) is 3.59. The molecule has 0 spiro atoms. The summed E-state index contributed by atoms with van der Waals surface area (Å²) in [5, 5.41) is 0. The lowest BCUT2D eigenvalue weighted by atomic mass is 9.99. The van der Waals surface area contributed by atoms with Crippen molar-refractivity contribution in [3.05, 3.63) is 53.6 Å². The molecule has 1 aliphatic rings. The molecular formula is C16H18N2O. The second-order valence-electron chi connectivity index (χ2n) is 4.87. The Morgan fingerprint density at radius 1 is 1.05 bits per heavy atom. The molecule has 19 heavy (non-hydrogen) atoms. The topological polar surface area (TPSA) is 61.3 Å². The molecule has 3 heteroatoms. The quantitative estimate of drug-likeness (QED) is 0.881. The number of hydrogen-bond donors (Lipinski definition) is 2. The van der Waals surface area contributed by atoms with Crippen molar-refractivity contribution < 1.29 is 4.74 Å². The molecule has 3 nitrogen and oxygen atoms in total. The molecule has 98 valence electrons. The number of fused-ring (bicyclic) bond motifs is 1. The van der Waals surface area contributed by atoms with Crippen LogP contribution in [0.4, 0.5) is 0 Å². The first kappa shape index (κ1) is 12.2. The molecule has 2 aromatic rings. The van der Waals surface area contributed by atoms with Gasteiger partial charge < -0.3 is 16.2 Å². The standard InChI is InChI=1S/C16H18N2O/c17-9-11-4-6-12(7-5-11)15-3-1-2-13-8-14(10-18)19-16(13)15/h1-7,14H,8-10,17-18H2. The Morgan fingerprint density at radius 3 is 2.53 bits per heavy atom. The number of rotatable bonds is 3. The van der Waals surface area contributed by atoms with Crippen LogP contribution in [0.1, 0.15) is 11.1 Å². The van der Waals surface area contributed by atoms with Crippen molar-refractivity contribution in [1.29, 1.82) is 0 Å². The van der Waals surface area contributed by atoms with E-state index in [4.69, 9.17) is 16.2 Å². The molecule has 0 fully saturated rings. The van der Waals surface area contributed by atoms with E-state index in [1.165, 1.54) is 5.56 Å². The number of benzene rings is 2. The fourth-order valence-corrected chi connectivity index (χ4v) is 2.52. The van der Waals surface area contributed by atoms with Crippen molar-refractivity contribution >= 4 is 0 Å². The van der Waals surface area contributed by atoms with Crippen LogP contribution in [0.2, 0.25) is 0 Å². The molecule has 1 heterocycles. The summed E-state index contributed by atoms with van der Waals surface area (Å²) in [5.41, 5.74) is 16.0. The summed E-state index contributed by atoms with van der Waals surface area (Å²) in [7, 11) is 0. The van der Waals surface area contributed by atoms with E-state index in [-0.39, 0.29) is 6.10 Å². The van der Waals surface area contributed by atoms with Crippen LogP contribution >= 0.6 is 0 Å². The van der Waals surface area contributed by atoms with Crippen LogP contribution < -0.4 is 16.2 Å². The summed E-state index contributed by atoms with van der Waals surface area (Å²) in [6.45, 7) is 1.12. The maximum absolute atomic E-state index is 5.95. The van der Waals surface area contributed by atoms with Crippen LogP contribution in [0, 0.1) is 0 Å². The van der Waals surface area contributed by atoms with Gasteiger partial charge in [-0.25, -0.2) is 0 Å². The lowest BCUT2D eigenvalue weighted by molar-refractivity contribution is 0.242. The van der Waals surface area contributed by atoms with Gasteiger partial charge in [0.05, 0.1) is 0 Å². The van der Waals surface area contributed by atoms with Gasteiger partial charge in [-0.3, -0.25) is 0 Å². The molecule has 0 radical (unpaired) electrons. The molecule has 3 rings (SSSR count). The highest BCUT2D eigenvalue weighted by Crippen LogP contribution is 2.38. The van der Waals surface area contributed by atoms with Crippen molar-refractivity contribution in [2.45, 2.75) is 19.1 Å². The highest BCUT2D eigenvalue weighted by molar-refractivity contribution is 5.73. The molecule has 0 bridgehead atoms. The van der Waals surface area contributed by atoms with Crippen molar-refractivity contribution in [3.63, 3.8) is 0 Å². The number of nitrogens with two attached hydrogens (primary N) is 2. The second-order valence-corrected chi connectivity index (χ2v) is 4.87. The van der Waals surface area contributed by atoms with Crippen LogP contribution in [-0.4, -0.2) is 12.6 Å². The van der Waals surface area contributed by atoms with Crippen molar-refractivity contribution in [1.82, 2.24) is 0 Å². The van der Waals surface area contributed by atoms with Crippen LogP contribution in [0.15, 0.2) is 42.5 Å². The van der Waals surface area contributed by atoms with E-state index in [9.17, 15) is 0 Å². The minimum Gasteiger partial charge on any atom is -0.488 e. The zero-order valence-corrected chi connectivity index (χ0v) is 10.8. The molecule has 1 unspecified atom stereocenters. The summed E-state index contributed by atoms with van der Waals surface area (Å²) < 4.78 is 5.95. The number of ether oxygens (including phenoxy) is 1. The van der Waals surface area contributed by atoms with Crippen molar-refractivity contribution in [2.24, 2.45) is 11.5 Å². The Labute approximate surface area is 113 Å². The Bertz CT molecular complexity index is 578. The van der Waals surface area contributed by atoms with Gasteiger partial charge in [-0.15, -0.1) is 0 Å². The second kappa shape index (κ2) is 5.03. The molecule has 0 amide bonds. The van der Waals surface area contributed by atoms with Gasteiger partial charge in [-0.05, 0) is 16.7 Å². The van der Waals surface area contributed by atoms with Gasteiger partial charge >= 0.3 is 0 Å². The highest BCUT2D eigenvalue weighted by atomic mass is 16.5. The fourth-order valence-electron chi connectivity index (χ4n) is 2.52. The Kier molecular flexibility index (Phi) is 3.23. The van der Waals surface area contributed by atoms with Gasteiger partial charge in [0.25, 0.3) is 0 Å². The van der Waals surface area contributed by atoms with Crippen LogP contribution in [-0.2, 0) is 13.0 Å². The zero-order valence-electron chi connectivity index (χ0n) is 10.8. The van der Waals surface area contributed by atoms with E-state index in [1.807, 2.05) is 0 Å². The van der Waals surface area contributed by atoms with E-state index in [2.05, 4.69) is 42.5 Å². The van der Waals surface area contributed by atoms with Crippen molar-refractivity contribution in [3.8, 4) is 16.9 Å². The first-order valence-corrected chi connectivity index (χ1v) is 6.60. The third kappa shape index (κ3) is 2.23. The molecular weight excluding hydrogens is 236 g/mol. The molecule has 0 aromatic heterocycles. The normalized spacial score (nSPS) is 17.1. The van der Waals surface area contributed by atoms with E-state index >= 15 is 0 Å². The number of para-hydroxylation sites is 1. The summed E-state index contributed by atoms with van der Waals surface area (Å²) in [5.74, 6) is 0.985. The third-order valence-corrected chi connectivity index (χ3v) is 3.59. The fraction of sp³-hybridized carbons (Fsp3) is 0.250. The van der Waals surface area contributed by atoms with Gasteiger partial charge in [-0.1, -0.05) is 42.5 Å². The van der Waals surface area contributed by atoms with Crippen LogP contribution in [0.3, 0.4) is 0 Å². The zero-order chi connectivity index (χ0) is 13.2. The van der Waals surface area contributed by atoms with Gasteiger partial charge in [0, 0.05) is 25.1 Å². The molecule has 4 N–H and O–H groups in total. The Balaban J connectivity index is 2.00. The molecule has 1 aliphatic heterocycles. The highest BCUT2D eigenvalue weighted by Gasteiger charge is 2.24. The van der Waals surface area contributed by atoms with E-state index in [0.717, 1.165) is 28.9 Å². The van der Waals surface area contributed by atoms with E-state index in [1.54, 1.807) is 0 Å². The molecule has 0 saturated carbocycles. The van der Waals surface area contributed by atoms with Crippen LogP contribution in [0.5, 0.6) is 5.75 Å². The van der Waals surface area contributed by atoms with Gasteiger partial charge in [0.15, 0.2) is 0 Å². The minimum absolute atomic E-state index is 0.111. The molecule has 0 aliphatic carbocycles. The first-order valence-electron chi connectivity index (χ1n) is 6.60.